The van der Waals surface area contributed by atoms with Gasteiger partial charge in [-0.25, -0.2) is 0 Å². The number of nitrogens with two attached hydrogens (primary N) is 1. The summed E-state index contributed by atoms with van der Waals surface area (Å²) in [6, 6.07) is 0.687. The van der Waals surface area contributed by atoms with Crippen LogP contribution < -0.4 is 5.73 Å². The summed E-state index contributed by atoms with van der Waals surface area (Å²) in [6.07, 6.45) is 1.28. The standard InChI is InChI=1S/C9H20N2/c1-9(2)5-7(6-10)8(9)11(3)4/h7-8H,5-6,10H2,1-4H3. The van der Waals surface area contributed by atoms with Crippen molar-refractivity contribution in [3.05, 3.63) is 0 Å². The summed E-state index contributed by atoms with van der Waals surface area (Å²) in [5, 5.41) is 0. The second kappa shape index (κ2) is 2.76. The summed E-state index contributed by atoms with van der Waals surface area (Å²) in [5.74, 6) is 0.722. The fourth-order valence-corrected chi connectivity index (χ4v) is 2.72. The molecule has 0 aromatic rings. The molecule has 0 aliphatic heterocycles. The first kappa shape index (κ1) is 9.01. The minimum Gasteiger partial charge on any atom is -0.330 e. The van der Waals surface area contributed by atoms with Gasteiger partial charge in [-0.3, -0.25) is 0 Å². The lowest BCUT2D eigenvalue weighted by Gasteiger charge is -2.54. The zero-order valence-corrected chi connectivity index (χ0v) is 8.09. The molecule has 1 fully saturated rings. The van der Waals surface area contributed by atoms with E-state index >= 15 is 0 Å². The van der Waals surface area contributed by atoms with Gasteiger partial charge in [0.15, 0.2) is 0 Å². The molecule has 1 aliphatic rings. The van der Waals surface area contributed by atoms with E-state index in [1.54, 1.807) is 0 Å². The third kappa shape index (κ3) is 1.42. The molecule has 0 amide bonds. The van der Waals surface area contributed by atoms with E-state index in [4.69, 9.17) is 5.73 Å². The molecule has 2 heteroatoms. The van der Waals surface area contributed by atoms with Crippen molar-refractivity contribution in [2.24, 2.45) is 17.1 Å². The van der Waals surface area contributed by atoms with Crippen molar-refractivity contribution >= 4 is 0 Å². The summed E-state index contributed by atoms with van der Waals surface area (Å²) >= 11 is 0. The van der Waals surface area contributed by atoms with Crippen LogP contribution in [0.1, 0.15) is 20.3 Å². The highest BCUT2D eigenvalue weighted by molar-refractivity contribution is 5.01. The molecule has 2 atom stereocenters. The van der Waals surface area contributed by atoms with E-state index in [0.29, 0.717) is 11.5 Å². The minimum absolute atomic E-state index is 0.480. The van der Waals surface area contributed by atoms with E-state index in [1.165, 1.54) is 6.42 Å². The molecule has 0 saturated heterocycles. The maximum absolute atomic E-state index is 5.66. The Morgan fingerprint density at radius 1 is 1.45 bits per heavy atom. The van der Waals surface area contributed by atoms with Gasteiger partial charge < -0.3 is 10.6 Å². The van der Waals surface area contributed by atoms with Gasteiger partial charge in [0.25, 0.3) is 0 Å². The van der Waals surface area contributed by atoms with Gasteiger partial charge in [-0.2, -0.15) is 0 Å². The van der Waals surface area contributed by atoms with E-state index in [1.807, 2.05) is 0 Å². The summed E-state index contributed by atoms with van der Waals surface area (Å²) in [6.45, 7) is 5.49. The Morgan fingerprint density at radius 3 is 2.18 bits per heavy atom. The number of rotatable bonds is 2. The fourth-order valence-electron chi connectivity index (χ4n) is 2.72. The average molecular weight is 156 g/mol. The predicted molar refractivity (Wildman–Crippen MR) is 48.4 cm³/mol. The Kier molecular flexibility index (Phi) is 2.26. The molecule has 0 spiro atoms. The van der Waals surface area contributed by atoms with Gasteiger partial charge in [0.1, 0.15) is 0 Å². The lowest BCUT2D eigenvalue weighted by Crippen LogP contribution is -2.58. The van der Waals surface area contributed by atoms with Crippen molar-refractivity contribution in [2.45, 2.75) is 26.3 Å². The molecule has 0 heterocycles. The quantitative estimate of drug-likeness (QED) is 0.644. The van der Waals surface area contributed by atoms with Crippen LogP contribution in [0, 0.1) is 11.3 Å². The Bertz CT molecular complexity index is 140. The predicted octanol–water partition coefficient (Wildman–Crippen LogP) is 0.921. The first-order valence-electron chi connectivity index (χ1n) is 4.35. The molecule has 2 nitrogen and oxygen atoms in total. The lowest BCUT2D eigenvalue weighted by molar-refractivity contribution is -0.0320. The van der Waals surface area contributed by atoms with Gasteiger partial charge in [0.05, 0.1) is 0 Å². The van der Waals surface area contributed by atoms with Crippen LogP contribution in [0.25, 0.3) is 0 Å². The second-order valence-corrected chi connectivity index (χ2v) is 4.60. The van der Waals surface area contributed by atoms with Crippen LogP contribution in [-0.2, 0) is 0 Å². The van der Waals surface area contributed by atoms with Gasteiger partial charge in [0, 0.05) is 6.04 Å². The Hall–Kier alpha value is -0.0800. The van der Waals surface area contributed by atoms with Crippen molar-refractivity contribution < 1.29 is 0 Å². The van der Waals surface area contributed by atoms with Gasteiger partial charge in [0.2, 0.25) is 0 Å². The van der Waals surface area contributed by atoms with E-state index in [9.17, 15) is 0 Å². The molecular formula is C9H20N2. The Labute approximate surface area is 69.8 Å². The summed E-state index contributed by atoms with van der Waals surface area (Å²) < 4.78 is 0. The van der Waals surface area contributed by atoms with Gasteiger partial charge in [-0.15, -0.1) is 0 Å². The van der Waals surface area contributed by atoms with Gasteiger partial charge in [-0.05, 0) is 38.4 Å². The van der Waals surface area contributed by atoms with Crippen molar-refractivity contribution in [2.75, 3.05) is 20.6 Å². The molecule has 1 aliphatic carbocycles. The highest BCUT2D eigenvalue weighted by atomic mass is 15.1. The van der Waals surface area contributed by atoms with E-state index in [2.05, 4.69) is 32.8 Å². The second-order valence-electron chi connectivity index (χ2n) is 4.60. The molecule has 0 radical (unpaired) electrons. The van der Waals surface area contributed by atoms with Crippen molar-refractivity contribution in [1.29, 1.82) is 0 Å². The molecule has 1 saturated carbocycles. The zero-order chi connectivity index (χ0) is 8.65. The van der Waals surface area contributed by atoms with Crippen LogP contribution in [0.4, 0.5) is 0 Å². The Morgan fingerprint density at radius 2 is 2.00 bits per heavy atom. The van der Waals surface area contributed by atoms with Crippen LogP contribution in [0.5, 0.6) is 0 Å². The normalized spacial score (nSPS) is 35.5. The highest BCUT2D eigenvalue weighted by Gasteiger charge is 2.47. The smallest absolute Gasteiger partial charge is 0.0181 e. The third-order valence-corrected chi connectivity index (χ3v) is 2.89. The molecule has 1 rings (SSSR count). The topological polar surface area (TPSA) is 29.3 Å². The summed E-state index contributed by atoms with van der Waals surface area (Å²) in [7, 11) is 4.29. The number of hydrogen-bond acceptors (Lipinski definition) is 2. The van der Waals surface area contributed by atoms with Gasteiger partial charge >= 0.3 is 0 Å². The highest BCUT2D eigenvalue weighted by Crippen LogP contribution is 2.46. The third-order valence-electron chi connectivity index (χ3n) is 2.89. The van der Waals surface area contributed by atoms with Crippen molar-refractivity contribution in [1.82, 2.24) is 4.90 Å². The van der Waals surface area contributed by atoms with Gasteiger partial charge in [-0.1, -0.05) is 13.8 Å². The van der Waals surface area contributed by atoms with E-state index in [-0.39, 0.29) is 0 Å². The molecule has 2 N–H and O–H groups in total. The van der Waals surface area contributed by atoms with Crippen LogP contribution in [0.15, 0.2) is 0 Å². The molecule has 0 aromatic carbocycles. The van der Waals surface area contributed by atoms with Crippen LogP contribution in [0.2, 0.25) is 0 Å². The minimum atomic E-state index is 0.480. The number of nitrogens with zero attached hydrogens (tertiary/aromatic N) is 1. The SMILES string of the molecule is CN(C)C1C(CN)CC1(C)C. The van der Waals surface area contributed by atoms with Crippen molar-refractivity contribution in [3.8, 4) is 0 Å². The van der Waals surface area contributed by atoms with E-state index < -0.39 is 0 Å². The summed E-state index contributed by atoms with van der Waals surface area (Å²) in [4.78, 5) is 2.31. The molecule has 0 bridgehead atoms. The number of hydrogen-bond donors (Lipinski definition) is 1. The first-order valence-corrected chi connectivity index (χ1v) is 4.35. The summed E-state index contributed by atoms with van der Waals surface area (Å²) in [5.41, 5.74) is 6.14. The zero-order valence-electron chi connectivity index (χ0n) is 8.09. The molecule has 2 unspecified atom stereocenters. The van der Waals surface area contributed by atoms with Crippen LogP contribution >= 0.6 is 0 Å². The Balaban J connectivity index is 2.57. The van der Waals surface area contributed by atoms with Crippen LogP contribution in [0.3, 0.4) is 0 Å². The molecule has 66 valence electrons. The fraction of sp³-hybridized carbons (Fsp3) is 1.00. The largest absolute Gasteiger partial charge is 0.330 e. The maximum Gasteiger partial charge on any atom is 0.0181 e. The van der Waals surface area contributed by atoms with Crippen LogP contribution in [-0.4, -0.2) is 31.6 Å². The van der Waals surface area contributed by atoms with Crippen molar-refractivity contribution in [3.63, 3.8) is 0 Å². The molecular weight excluding hydrogens is 136 g/mol. The average Bonchev–Trinajstić information content (AvgIpc) is 1.81. The first-order chi connectivity index (χ1) is 4.99. The monoisotopic (exact) mass is 156 g/mol. The van der Waals surface area contributed by atoms with E-state index in [0.717, 1.165) is 12.5 Å². The molecule has 0 aromatic heterocycles. The lowest BCUT2D eigenvalue weighted by atomic mass is 9.59. The maximum atomic E-state index is 5.66. The molecule has 11 heavy (non-hydrogen) atoms.